The lowest BCUT2D eigenvalue weighted by Crippen LogP contribution is -2.54. The maximum absolute atomic E-state index is 13.7. The molecule has 1 aromatic rings. The van der Waals surface area contributed by atoms with Crippen LogP contribution in [0.3, 0.4) is 0 Å². The molecular formula is C48H83N5O12Si. The van der Waals surface area contributed by atoms with E-state index < -0.39 is 56.7 Å². The zero-order valence-electron chi connectivity index (χ0n) is 42.4. The first-order valence-electron chi connectivity index (χ1n) is 24.2. The number of esters is 1. The predicted molar refractivity (Wildman–Crippen MR) is 254 cm³/mol. The number of carbonyl (C=O) groups is 3. The van der Waals surface area contributed by atoms with Crippen molar-refractivity contribution in [1.82, 2.24) is 19.8 Å². The van der Waals surface area contributed by atoms with Crippen LogP contribution >= 0.6 is 0 Å². The Kier molecular flexibility index (Phi) is 22.9. The van der Waals surface area contributed by atoms with Crippen molar-refractivity contribution in [3.8, 4) is 0 Å². The zero-order chi connectivity index (χ0) is 49.5. The highest BCUT2D eigenvalue weighted by atomic mass is 28.4. The molecule has 2 fully saturated rings. The van der Waals surface area contributed by atoms with E-state index in [1.807, 2.05) is 6.92 Å². The number of aromatic nitrogens is 2. The van der Waals surface area contributed by atoms with E-state index in [9.17, 15) is 24.0 Å². The lowest BCUT2D eigenvalue weighted by atomic mass is 9.79. The van der Waals surface area contributed by atoms with Gasteiger partial charge < -0.3 is 43.0 Å². The summed E-state index contributed by atoms with van der Waals surface area (Å²) < 4.78 is 45.6. The maximum atomic E-state index is 13.7. The third kappa shape index (κ3) is 16.5. The van der Waals surface area contributed by atoms with Gasteiger partial charge in [0, 0.05) is 70.1 Å². The first-order valence-corrected chi connectivity index (χ1v) is 27.1. The minimum absolute atomic E-state index is 0.00275. The van der Waals surface area contributed by atoms with Crippen molar-refractivity contribution in [1.29, 1.82) is 0 Å². The summed E-state index contributed by atoms with van der Waals surface area (Å²) in [4.78, 5) is 71.7. The van der Waals surface area contributed by atoms with Gasteiger partial charge in [-0.3, -0.25) is 33.6 Å². The molecule has 0 aliphatic carbocycles. The van der Waals surface area contributed by atoms with Gasteiger partial charge in [-0.1, -0.05) is 48.5 Å². The van der Waals surface area contributed by atoms with E-state index in [1.165, 1.54) is 17.7 Å². The number of aromatic amines is 1. The molecule has 7 unspecified atom stereocenters. The molecule has 1 amide bonds. The van der Waals surface area contributed by atoms with E-state index in [0.29, 0.717) is 57.6 Å². The molecule has 2 N–H and O–H groups in total. The summed E-state index contributed by atoms with van der Waals surface area (Å²) in [7, 11) is -2.54. The van der Waals surface area contributed by atoms with E-state index in [0.717, 1.165) is 0 Å². The summed E-state index contributed by atoms with van der Waals surface area (Å²) in [6, 6.07) is 0.0676. The van der Waals surface area contributed by atoms with Gasteiger partial charge in [0.25, 0.3) is 5.56 Å². The van der Waals surface area contributed by atoms with Crippen molar-refractivity contribution >= 4 is 26.0 Å². The number of ether oxygens (including phenoxy) is 6. The van der Waals surface area contributed by atoms with Crippen LogP contribution in [0.5, 0.6) is 0 Å². The van der Waals surface area contributed by atoms with E-state index >= 15 is 0 Å². The molecule has 3 heterocycles. The third-order valence-corrected chi connectivity index (χ3v) is 18.0. The Morgan fingerprint density at radius 3 is 2.21 bits per heavy atom. The van der Waals surface area contributed by atoms with Crippen molar-refractivity contribution in [2.75, 3.05) is 32.9 Å². The van der Waals surface area contributed by atoms with Crippen LogP contribution in [0.15, 0.2) is 15.8 Å². The number of aryl methyl sites for hydroxylation is 1. The molecule has 2 aliphatic heterocycles. The number of nitrogens with zero attached hydrogens (tertiary/aromatic N) is 3. The van der Waals surface area contributed by atoms with Crippen molar-refractivity contribution in [3.05, 3.63) is 44.0 Å². The number of rotatable bonds is 27. The molecule has 0 saturated carbocycles. The van der Waals surface area contributed by atoms with Crippen LogP contribution in [-0.4, -0.2) is 123 Å². The topological polar surface area (TPSA) is 190 Å². The van der Waals surface area contributed by atoms with Crippen LogP contribution < -0.4 is 16.6 Å². The van der Waals surface area contributed by atoms with Crippen molar-refractivity contribution in [2.45, 2.75) is 208 Å². The Morgan fingerprint density at radius 2 is 1.61 bits per heavy atom. The second-order valence-electron chi connectivity index (χ2n) is 20.2. The molecule has 0 spiro atoms. The monoisotopic (exact) mass is 950 g/mol. The highest BCUT2D eigenvalue weighted by molar-refractivity contribution is 6.74. The number of ketones is 1. The van der Waals surface area contributed by atoms with Crippen LogP contribution in [0.25, 0.3) is 4.85 Å². The van der Waals surface area contributed by atoms with Crippen LogP contribution in [-0.2, 0) is 53.8 Å². The minimum atomic E-state index is -2.54. The van der Waals surface area contributed by atoms with E-state index in [2.05, 4.69) is 102 Å². The van der Waals surface area contributed by atoms with Crippen LogP contribution in [0, 0.1) is 24.3 Å². The molecule has 0 radical (unpaired) electrons. The minimum Gasteiger partial charge on any atom is -0.463 e. The smallest absolute Gasteiger partial charge is 0.328 e. The van der Waals surface area contributed by atoms with Crippen LogP contribution in [0.4, 0.5) is 0 Å². The molecule has 376 valence electrons. The predicted octanol–water partition coefficient (Wildman–Crippen LogP) is 6.74. The summed E-state index contributed by atoms with van der Waals surface area (Å²) in [6.45, 7) is 37.1. The largest absolute Gasteiger partial charge is 0.463 e. The van der Waals surface area contributed by atoms with E-state index in [4.69, 9.17) is 39.4 Å². The van der Waals surface area contributed by atoms with Crippen LogP contribution in [0.2, 0.25) is 18.1 Å². The molecular weight excluding hydrogens is 867 g/mol. The lowest BCUT2D eigenvalue weighted by molar-refractivity contribution is -0.270. The number of hydrogen-bond donors (Lipinski definition) is 2. The Hall–Kier alpha value is -3.28. The molecule has 66 heavy (non-hydrogen) atoms. The van der Waals surface area contributed by atoms with Crippen molar-refractivity contribution in [3.63, 3.8) is 0 Å². The quantitative estimate of drug-likeness (QED) is 0.0311. The second-order valence-corrected chi connectivity index (χ2v) is 24.9. The number of hydrogen-bond acceptors (Lipinski definition) is 13. The first-order chi connectivity index (χ1) is 30.9. The van der Waals surface area contributed by atoms with Crippen molar-refractivity contribution in [2.24, 2.45) is 17.8 Å². The van der Waals surface area contributed by atoms with Gasteiger partial charge in [-0.05, 0) is 83.3 Å². The number of carbonyl (C=O) groups excluding carboxylic acids is 3. The van der Waals surface area contributed by atoms with Gasteiger partial charge in [0.05, 0.1) is 17.8 Å². The maximum Gasteiger partial charge on any atom is 0.328 e. The Bertz CT molecular complexity index is 1850. The number of H-pyrrole nitrogens is 1. The standard InChI is InChI=1S/C48H83N5O12Si/c1-16-38-42(64-47(60-27-24-49-13)53(30(2)3)31(4)5)43(65-66(14,15)48(10,11)12)41(62-38)37-28-52(46(58)51-44(37)57)25-22-40(56)50-23-19-21-36(55)20-17-18-26-59-45-34(8)32(6)33(7)39(63-45)29-61-35(9)54/h28,30-34,38-39,41-43,45,47H,16-27,29H2,1-12,14-15H3,(H,50,56)(H,51,57,58)/t32?,33?,34?,38-,39?,41+,42?,43-,45?,47?/m1/s1. The average Bonchev–Trinajstić information content (AvgIpc) is 3.55. The van der Waals surface area contributed by atoms with Gasteiger partial charge in [-0.2, -0.15) is 0 Å². The number of unbranched alkanes of at least 4 members (excludes halogenated alkanes) is 1. The summed E-state index contributed by atoms with van der Waals surface area (Å²) in [6.07, 6.45) is 0.224. The molecule has 0 aromatic carbocycles. The fourth-order valence-electron chi connectivity index (χ4n) is 8.26. The normalized spacial score (nSPS) is 25.3. The summed E-state index contributed by atoms with van der Waals surface area (Å²) >= 11 is 0. The van der Waals surface area contributed by atoms with Crippen LogP contribution in [0.1, 0.15) is 140 Å². The molecule has 18 heteroatoms. The van der Waals surface area contributed by atoms with E-state index in [-0.39, 0.29) is 91.0 Å². The highest BCUT2D eigenvalue weighted by Crippen LogP contribution is 2.45. The second kappa shape index (κ2) is 26.5. The van der Waals surface area contributed by atoms with Gasteiger partial charge in [0.15, 0.2) is 14.6 Å². The van der Waals surface area contributed by atoms with Gasteiger partial charge >= 0.3 is 11.7 Å². The number of amides is 1. The molecule has 1 aromatic heterocycles. The fourth-order valence-corrected chi connectivity index (χ4v) is 9.56. The van der Waals surface area contributed by atoms with E-state index in [1.54, 1.807) is 0 Å². The Labute approximate surface area is 394 Å². The lowest BCUT2D eigenvalue weighted by Gasteiger charge is -2.43. The number of Topliss-reactive ketones (excluding diaryl/α,β-unsaturated/α-hetero) is 1. The van der Waals surface area contributed by atoms with Gasteiger partial charge in [0.1, 0.15) is 37.3 Å². The molecule has 17 nitrogen and oxygen atoms in total. The SMILES string of the molecule is [C-]#[N+]CCOC(OC1[C@@H](CC)O[C@@H](c2cn(CCC(=O)NCCCC(=O)CCCCOC3OC(COC(C)=O)C(C)C(C)C3C)c(=O)[nH]c2=O)[C@H]1O[Si](C)(C)C(C)(C)C)N(C(C)C)C(C)C. The molecule has 0 bridgehead atoms. The summed E-state index contributed by atoms with van der Waals surface area (Å²) in [5.41, 5.74) is -1.07. The first kappa shape index (κ1) is 57.0. The molecule has 3 rings (SSSR count). The number of nitrogens with one attached hydrogen (secondary N) is 2. The van der Waals surface area contributed by atoms with Crippen molar-refractivity contribution < 1.29 is 47.2 Å². The molecule has 2 saturated heterocycles. The Balaban J connectivity index is 1.61. The highest BCUT2D eigenvalue weighted by Gasteiger charge is 2.53. The molecule has 2 aliphatic rings. The Morgan fingerprint density at radius 1 is 0.939 bits per heavy atom. The van der Waals surface area contributed by atoms with Gasteiger partial charge in [0.2, 0.25) is 18.9 Å². The zero-order valence-corrected chi connectivity index (χ0v) is 43.4. The average molecular weight is 950 g/mol. The summed E-state index contributed by atoms with van der Waals surface area (Å²) in [5, 5.41) is 2.65. The molecule has 10 atom stereocenters. The third-order valence-electron chi connectivity index (χ3n) is 13.6. The fraction of sp³-hybridized carbons (Fsp3) is 0.833. The van der Waals surface area contributed by atoms with Gasteiger partial charge in [-0.25, -0.2) is 11.4 Å². The summed E-state index contributed by atoms with van der Waals surface area (Å²) in [5.74, 6) is 0.176. The van der Waals surface area contributed by atoms with Gasteiger partial charge in [-0.15, -0.1) is 0 Å².